The number of benzene rings is 1. The quantitative estimate of drug-likeness (QED) is 0.0836. The average molecular weight is 568 g/mol. The second-order valence-corrected chi connectivity index (χ2v) is 8.53. The number of aliphatic carboxylic acids is 1. The highest BCUT2D eigenvalue weighted by atomic mass is 16.6. The van der Waals surface area contributed by atoms with Crippen LogP contribution >= 0.6 is 0 Å². The van der Waals surface area contributed by atoms with Crippen LogP contribution in [0.1, 0.15) is 40.0 Å². The summed E-state index contributed by atoms with van der Waals surface area (Å²) in [5.41, 5.74) is 0.903. The molecule has 1 atom stereocenters. The summed E-state index contributed by atoms with van der Waals surface area (Å²) in [6.07, 6.45) is 0.868. The molecule has 14 nitrogen and oxygen atoms in total. The number of carbonyl (C=O) groups excluding carboxylic acids is 4. The number of amides is 3. The molecule has 3 amide bonds. The van der Waals surface area contributed by atoms with Crippen LogP contribution in [0.15, 0.2) is 18.2 Å². The van der Waals surface area contributed by atoms with E-state index in [4.69, 9.17) is 28.8 Å². The normalized spacial score (nSPS) is 14.9. The monoisotopic (exact) mass is 567 g/mol. The summed E-state index contributed by atoms with van der Waals surface area (Å²) in [7, 11) is 0. The Kier molecular flexibility index (Phi) is 16.1. The van der Waals surface area contributed by atoms with E-state index in [9.17, 15) is 24.0 Å². The number of imide groups is 1. The van der Waals surface area contributed by atoms with Gasteiger partial charge in [0.25, 0.3) is 5.91 Å². The maximum Gasteiger partial charge on any atom is 0.305 e. The van der Waals surface area contributed by atoms with Gasteiger partial charge in [0.05, 0.1) is 78.1 Å². The van der Waals surface area contributed by atoms with Gasteiger partial charge in [0, 0.05) is 24.2 Å². The smallest absolute Gasteiger partial charge is 0.305 e. The fourth-order valence-corrected chi connectivity index (χ4v) is 3.44. The molecule has 0 spiro atoms. The van der Waals surface area contributed by atoms with Crippen molar-refractivity contribution in [2.45, 2.75) is 25.3 Å². The van der Waals surface area contributed by atoms with Gasteiger partial charge < -0.3 is 39.4 Å². The van der Waals surface area contributed by atoms with E-state index in [2.05, 4.69) is 16.0 Å². The molecule has 0 saturated carbocycles. The Hall–Kier alpha value is -3.43. The van der Waals surface area contributed by atoms with Crippen LogP contribution in [0.4, 0.5) is 5.69 Å². The van der Waals surface area contributed by atoms with Crippen molar-refractivity contribution >= 4 is 35.7 Å². The van der Waals surface area contributed by atoms with Gasteiger partial charge in [-0.25, -0.2) is 0 Å². The SMILES string of the molecule is O=Cc1ccc(NCCOCCOCCOCCOCCOCCC(=O)O)cc1C(=O)NC1CCC(=O)NC1=O. The number of ether oxygens (including phenoxy) is 5. The van der Waals surface area contributed by atoms with Crippen molar-refractivity contribution in [1.29, 1.82) is 0 Å². The first kappa shape index (κ1) is 32.8. The van der Waals surface area contributed by atoms with Crippen molar-refractivity contribution in [3.63, 3.8) is 0 Å². The van der Waals surface area contributed by atoms with Gasteiger partial charge in [0.2, 0.25) is 11.8 Å². The van der Waals surface area contributed by atoms with E-state index in [1.54, 1.807) is 6.07 Å². The third kappa shape index (κ3) is 13.6. The molecule has 40 heavy (non-hydrogen) atoms. The Morgan fingerprint density at radius 2 is 1.48 bits per heavy atom. The Balaban J connectivity index is 1.50. The molecule has 14 heteroatoms. The van der Waals surface area contributed by atoms with E-state index in [0.29, 0.717) is 78.0 Å². The highest BCUT2D eigenvalue weighted by molar-refractivity contribution is 6.06. The molecule has 0 bridgehead atoms. The predicted octanol–water partition coefficient (Wildman–Crippen LogP) is 0.00370. The standard InChI is InChI=1S/C26H37N3O11/c30-18-19-1-2-20(17-21(19)25(34)28-22-3-4-23(31)29-26(22)35)27-6-8-37-10-12-39-14-16-40-15-13-38-11-9-36-7-5-24(32)33/h1-2,17-18,22,27H,3-16H2,(H,28,34)(H,32,33)(H,29,31,35). The van der Waals surface area contributed by atoms with Crippen molar-refractivity contribution in [2.75, 3.05) is 77.9 Å². The van der Waals surface area contributed by atoms with Crippen molar-refractivity contribution < 1.29 is 52.8 Å². The van der Waals surface area contributed by atoms with Gasteiger partial charge >= 0.3 is 5.97 Å². The molecule has 1 fully saturated rings. The number of hydrogen-bond acceptors (Lipinski definition) is 11. The zero-order valence-corrected chi connectivity index (χ0v) is 22.3. The molecule has 1 aliphatic rings. The molecular formula is C26H37N3O11. The van der Waals surface area contributed by atoms with E-state index >= 15 is 0 Å². The van der Waals surface area contributed by atoms with Crippen molar-refractivity contribution in [2.24, 2.45) is 0 Å². The van der Waals surface area contributed by atoms with Gasteiger partial charge in [0.15, 0.2) is 6.29 Å². The van der Waals surface area contributed by atoms with Crippen LogP contribution in [0, 0.1) is 0 Å². The molecular weight excluding hydrogens is 530 g/mol. The summed E-state index contributed by atoms with van der Waals surface area (Å²) in [6, 6.07) is 3.86. The molecule has 0 radical (unpaired) electrons. The summed E-state index contributed by atoms with van der Waals surface area (Å²) in [5.74, 6) is -2.43. The van der Waals surface area contributed by atoms with E-state index < -0.39 is 23.8 Å². The van der Waals surface area contributed by atoms with Gasteiger partial charge in [-0.05, 0) is 24.6 Å². The summed E-state index contributed by atoms with van der Waals surface area (Å²) in [5, 5.41) is 16.3. The van der Waals surface area contributed by atoms with Crippen LogP contribution < -0.4 is 16.0 Å². The summed E-state index contributed by atoms with van der Waals surface area (Å²) in [6.45, 7) is 4.12. The molecule has 0 aliphatic carbocycles. The van der Waals surface area contributed by atoms with E-state index in [0.717, 1.165) is 0 Å². The Morgan fingerprint density at radius 1 is 0.900 bits per heavy atom. The van der Waals surface area contributed by atoms with Crippen molar-refractivity contribution in [3.8, 4) is 0 Å². The first-order valence-electron chi connectivity index (χ1n) is 13.0. The molecule has 0 aromatic heterocycles. The molecule has 1 saturated heterocycles. The minimum Gasteiger partial charge on any atom is -0.481 e. The Bertz CT molecular complexity index is 973. The minimum absolute atomic E-state index is 0.0259. The lowest BCUT2D eigenvalue weighted by Crippen LogP contribution is -2.52. The van der Waals surface area contributed by atoms with Gasteiger partial charge in [0.1, 0.15) is 6.04 Å². The van der Waals surface area contributed by atoms with Crippen molar-refractivity contribution in [1.82, 2.24) is 10.6 Å². The zero-order valence-electron chi connectivity index (χ0n) is 22.3. The zero-order chi connectivity index (χ0) is 29.0. The van der Waals surface area contributed by atoms with E-state index in [-0.39, 0.29) is 42.9 Å². The fraction of sp³-hybridized carbons (Fsp3) is 0.577. The first-order valence-corrected chi connectivity index (χ1v) is 13.0. The number of carboxylic acids is 1. The Morgan fingerprint density at radius 3 is 2.02 bits per heavy atom. The van der Waals surface area contributed by atoms with Crippen LogP contribution in [-0.4, -0.2) is 114 Å². The molecule has 4 N–H and O–H groups in total. The predicted molar refractivity (Wildman–Crippen MR) is 140 cm³/mol. The van der Waals surface area contributed by atoms with E-state index in [1.165, 1.54) is 12.1 Å². The number of rotatable bonds is 22. The highest BCUT2D eigenvalue weighted by Crippen LogP contribution is 2.16. The lowest BCUT2D eigenvalue weighted by atomic mass is 10.0. The van der Waals surface area contributed by atoms with Crippen LogP contribution in [0.3, 0.4) is 0 Å². The lowest BCUT2D eigenvalue weighted by molar-refractivity contribution is -0.138. The van der Waals surface area contributed by atoms with Crippen molar-refractivity contribution in [3.05, 3.63) is 29.3 Å². The van der Waals surface area contributed by atoms with Crippen LogP contribution in [0.25, 0.3) is 0 Å². The van der Waals surface area contributed by atoms with Crippen LogP contribution in [0.2, 0.25) is 0 Å². The number of carbonyl (C=O) groups is 5. The third-order valence-electron chi connectivity index (χ3n) is 5.49. The molecule has 1 aromatic rings. The molecule has 1 aliphatic heterocycles. The maximum absolute atomic E-state index is 12.7. The van der Waals surface area contributed by atoms with Gasteiger partial charge in [-0.1, -0.05) is 0 Å². The van der Waals surface area contributed by atoms with Gasteiger partial charge in [-0.15, -0.1) is 0 Å². The van der Waals surface area contributed by atoms with Crippen LogP contribution in [-0.2, 0) is 38.1 Å². The van der Waals surface area contributed by atoms with Gasteiger partial charge in [-0.2, -0.15) is 0 Å². The number of piperidine rings is 1. The molecule has 1 aromatic carbocycles. The summed E-state index contributed by atoms with van der Waals surface area (Å²) in [4.78, 5) is 57.6. The van der Waals surface area contributed by atoms with Crippen LogP contribution in [0.5, 0.6) is 0 Å². The number of carboxylic acid groups (broad SMARTS) is 1. The highest BCUT2D eigenvalue weighted by Gasteiger charge is 2.28. The Labute approximate surface area is 232 Å². The number of anilines is 1. The number of nitrogens with one attached hydrogen (secondary N) is 3. The maximum atomic E-state index is 12.7. The summed E-state index contributed by atoms with van der Waals surface area (Å²) < 4.78 is 26.7. The average Bonchev–Trinajstić information content (AvgIpc) is 2.93. The molecule has 2 rings (SSSR count). The summed E-state index contributed by atoms with van der Waals surface area (Å²) >= 11 is 0. The van der Waals surface area contributed by atoms with E-state index in [1.807, 2.05) is 0 Å². The topological polar surface area (TPSA) is 188 Å². The molecule has 1 heterocycles. The molecule has 1 unspecified atom stereocenters. The first-order chi connectivity index (χ1) is 19.4. The van der Waals surface area contributed by atoms with Gasteiger partial charge in [-0.3, -0.25) is 29.3 Å². The molecule has 222 valence electrons. The minimum atomic E-state index is -0.895. The largest absolute Gasteiger partial charge is 0.481 e. The fourth-order valence-electron chi connectivity index (χ4n) is 3.44. The third-order valence-corrected chi connectivity index (χ3v) is 5.49. The lowest BCUT2D eigenvalue weighted by Gasteiger charge is -2.22. The second-order valence-electron chi connectivity index (χ2n) is 8.53. The second kappa shape index (κ2) is 19.6. The number of aldehydes is 1. The number of hydrogen-bond donors (Lipinski definition) is 4.